The highest BCUT2D eigenvalue weighted by atomic mass is 35.5. The molecule has 0 fully saturated rings. The van der Waals surface area contributed by atoms with Gasteiger partial charge in [0.1, 0.15) is 6.54 Å². The lowest BCUT2D eigenvalue weighted by molar-refractivity contribution is -0.137. The van der Waals surface area contributed by atoms with E-state index in [4.69, 9.17) is 11.6 Å². The van der Waals surface area contributed by atoms with Crippen molar-refractivity contribution in [3.63, 3.8) is 0 Å². The van der Waals surface area contributed by atoms with E-state index >= 15 is 0 Å². The molecule has 36 heavy (non-hydrogen) atoms. The van der Waals surface area contributed by atoms with Crippen molar-refractivity contribution in [3.8, 4) is 0 Å². The van der Waals surface area contributed by atoms with Crippen LogP contribution in [0.25, 0.3) is 10.2 Å². The number of carbonyl (C=O) groups excluding carboxylic acids is 1. The van der Waals surface area contributed by atoms with Crippen molar-refractivity contribution in [2.24, 2.45) is 7.05 Å². The Bertz CT molecular complexity index is 1620. The number of alkyl halides is 3. The third-order valence-corrected chi connectivity index (χ3v) is 8.35. The van der Waals surface area contributed by atoms with E-state index in [9.17, 15) is 31.2 Å². The molecule has 3 aromatic carbocycles. The highest BCUT2D eigenvalue weighted by Gasteiger charge is 2.35. The van der Waals surface area contributed by atoms with Gasteiger partial charge in [0, 0.05) is 12.7 Å². The van der Waals surface area contributed by atoms with Crippen LogP contribution in [-0.4, -0.2) is 25.4 Å². The highest BCUT2D eigenvalue weighted by Crippen LogP contribution is 2.38. The van der Waals surface area contributed by atoms with Crippen LogP contribution < -0.4 is 14.5 Å². The van der Waals surface area contributed by atoms with Crippen LogP contribution in [0.2, 0.25) is 5.02 Å². The van der Waals surface area contributed by atoms with E-state index in [1.54, 1.807) is 25.2 Å². The van der Waals surface area contributed by atoms with Crippen LogP contribution in [-0.2, 0) is 28.0 Å². The minimum absolute atomic E-state index is 0.197. The summed E-state index contributed by atoms with van der Waals surface area (Å²) in [4.78, 5) is 24.4. The first-order chi connectivity index (χ1) is 16.9. The van der Waals surface area contributed by atoms with Gasteiger partial charge in [-0.2, -0.15) is 13.2 Å². The minimum atomic E-state index is -4.84. The molecule has 0 aliphatic rings. The van der Waals surface area contributed by atoms with Crippen molar-refractivity contribution < 1.29 is 26.4 Å². The fourth-order valence-electron chi connectivity index (χ4n) is 3.46. The lowest BCUT2D eigenvalue weighted by Crippen LogP contribution is -2.38. The largest absolute Gasteiger partial charge is 0.417 e. The molecule has 0 aliphatic carbocycles. The summed E-state index contributed by atoms with van der Waals surface area (Å²) in [6.45, 7) is -0.820. The molecule has 0 unspecified atom stereocenters. The van der Waals surface area contributed by atoms with Crippen LogP contribution >= 0.6 is 22.9 Å². The molecule has 1 heterocycles. The molecule has 0 aliphatic heterocycles. The maximum Gasteiger partial charge on any atom is 0.417 e. The van der Waals surface area contributed by atoms with Crippen LogP contribution in [0.3, 0.4) is 0 Å². The number of aromatic nitrogens is 1. The van der Waals surface area contributed by atoms with E-state index in [1.165, 1.54) is 34.9 Å². The minimum Gasteiger partial charge on any atom is -0.324 e. The molecule has 4 rings (SSSR count). The zero-order valence-electron chi connectivity index (χ0n) is 18.4. The van der Waals surface area contributed by atoms with E-state index in [-0.39, 0.29) is 15.5 Å². The van der Waals surface area contributed by atoms with Crippen molar-refractivity contribution in [2.75, 3.05) is 16.2 Å². The van der Waals surface area contributed by atoms with Crippen LogP contribution in [0.5, 0.6) is 0 Å². The van der Waals surface area contributed by atoms with Crippen molar-refractivity contribution in [2.45, 2.75) is 11.1 Å². The van der Waals surface area contributed by atoms with Crippen molar-refractivity contribution in [3.05, 3.63) is 87.0 Å². The summed E-state index contributed by atoms with van der Waals surface area (Å²) >= 11 is 6.67. The number of nitrogens with zero attached hydrogens (tertiary/aromatic N) is 2. The molecule has 0 saturated carbocycles. The number of halogens is 4. The fraction of sp³-hybridized carbons (Fsp3) is 0.130. The molecule has 0 atom stereocenters. The molecule has 1 amide bonds. The Kier molecular flexibility index (Phi) is 6.86. The molecule has 1 N–H and O–H groups in total. The van der Waals surface area contributed by atoms with Gasteiger partial charge in [-0.1, -0.05) is 41.1 Å². The quantitative estimate of drug-likeness (QED) is 0.358. The number of anilines is 2. The summed E-state index contributed by atoms with van der Waals surface area (Å²) in [6.07, 6.45) is -4.84. The number of carbonyl (C=O) groups is 1. The first-order valence-corrected chi connectivity index (χ1v) is 12.9. The second-order valence-electron chi connectivity index (χ2n) is 7.64. The van der Waals surface area contributed by atoms with E-state index in [0.717, 1.165) is 23.5 Å². The van der Waals surface area contributed by atoms with Crippen molar-refractivity contribution >= 4 is 60.5 Å². The third kappa shape index (κ3) is 5.11. The molecule has 4 aromatic rings. The first-order valence-electron chi connectivity index (χ1n) is 10.2. The molecule has 0 radical (unpaired) electrons. The Labute approximate surface area is 212 Å². The molecule has 0 spiro atoms. The summed E-state index contributed by atoms with van der Waals surface area (Å²) in [5, 5.41) is 1.94. The number of hydrogen-bond acceptors (Lipinski definition) is 5. The van der Waals surface area contributed by atoms with Gasteiger partial charge in [-0.25, -0.2) is 8.42 Å². The smallest absolute Gasteiger partial charge is 0.324 e. The Morgan fingerprint density at radius 3 is 2.44 bits per heavy atom. The zero-order valence-corrected chi connectivity index (χ0v) is 20.8. The average molecular weight is 556 g/mol. The Morgan fingerprint density at radius 2 is 1.78 bits per heavy atom. The molecule has 1 aromatic heterocycles. The molecular weight excluding hydrogens is 539 g/mol. The number of thiazole rings is 1. The number of aryl methyl sites for hydroxylation is 1. The highest BCUT2D eigenvalue weighted by molar-refractivity contribution is 7.92. The van der Waals surface area contributed by atoms with Gasteiger partial charge in [0.05, 0.1) is 31.4 Å². The van der Waals surface area contributed by atoms with Gasteiger partial charge in [0.25, 0.3) is 10.0 Å². The fourth-order valence-corrected chi connectivity index (χ4v) is 6.04. The van der Waals surface area contributed by atoms with Gasteiger partial charge < -0.3 is 9.88 Å². The van der Waals surface area contributed by atoms with Crippen molar-refractivity contribution in [1.82, 2.24) is 4.57 Å². The second kappa shape index (κ2) is 9.60. The van der Waals surface area contributed by atoms with E-state index in [2.05, 4.69) is 5.32 Å². The van der Waals surface area contributed by atoms with E-state index in [0.29, 0.717) is 26.3 Å². The van der Waals surface area contributed by atoms with Crippen LogP contribution in [0.1, 0.15) is 5.56 Å². The van der Waals surface area contributed by atoms with Gasteiger partial charge in [-0.05, 0) is 48.5 Å². The number of sulfonamides is 1. The summed E-state index contributed by atoms with van der Waals surface area (Å²) in [6, 6.07) is 14.3. The lowest BCUT2D eigenvalue weighted by atomic mass is 10.2. The summed E-state index contributed by atoms with van der Waals surface area (Å²) in [5.41, 5.74) is -0.683. The van der Waals surface area contributed by atoms with Gasteiger partial charge in [0.15, 0.2) is 0 Å². The molecule has 0 bridgehead atoms. The number of rotatable bonds is 6. The predicted octanol–water partition coefficient (Wildman–Crippen LogP) is 5.11. The topological polar surface area (TPSA) is 88.5 Å². The summed E-state index contributed by atoms with van der Waals surface area (Å²) in [5.74, 6) is -0.805. The normalized spacial score (nSPS) is 12.0. The molecule has 7 nitrogen and oxygen atoms in total. The maximum atomic E-state index is 13.5. The predicted molar refractivity (Wildman–Crippen MR) is 133 cm³/mol. The summed E-state index contributed by atoms with van der Waals surface area (Å²) in [7, 11) is -2.83. The standard InChI is InChI=1S/C23H17ClF3N3O4S2/c1-29-19-10-7-14(11-20(19)35-22(29)32)28-21(31)13-30(36(33,34)16-5-3-2-4-6-16)15-8-9-18(24)17(12-15)23(25,26)27/h2-12H,13H2,1H3,(H,28,31). The Morgan fingerprint density at radius 1 is 1.08 bits per heavy atom. The monoisotopic (exact) mass is 555 g/mol. The van der Waals surface area contributed by atoms with Gasteiger partial charge >= 0.3 is 11.0 Å². The van der Waals surface area contributed by atoms with Crippen LogP contribution in [0.15, 0.2) is 76.4 Å². The lowest BCUT2D eigenvalue weighted by Gasteiger charge is -2.25. The molecule has 188 valence electrons. The molecule has 13 heteroatoms. The Hall–Kier alpha value is -3.35. The van der Waals surface area contributed by atoms with E-state index < -0.39 is 39.2 Å². The second-order valence-corrected chi connectivity index (χ2v) is 10.9. The Balaban J connectivity index is 1.71. The number of amides is 1. The van der Waals surface area contributed by atoms with Gasteiger partial charge in [-0.3, -0.25) is 13.9 Å². The van der Waals surface area contributed by atoms with E-state index in [1.807, 2.05) is 0 Å². The third-order valence-electron chi connectivity index (χ3n) is 5.24. The maximum absolute atomic E-state index is 13.5. The zero-order chi connectivity index (χ0) is 26.3. The summed E-state index contributed by atoms with van der Waals surface area (Å²) < 4.78 is 69.8. The number of nitrogens with one attached hydrogen (secondary N) is 1. The number of benzene rings is 3. The molecule has 0 saturated heterocycles. The first kappa shape index (κ1) is 25.7. The molecular formula is C23H17ClF3N3O4S2. The average Bonchev–Trinajstić information content (AvgIpc) is 3.10. The number of fused-ring (bicyclic) bond motifs is 1. The SMILES string of the molecule is Cn1c(=O)sc2cc(NC(=O)CN(c3ccc(Cl)c(C(F)(F)F)c3)S(=O)(=O)c3ccccc3)ccc21. The number of hydrogen-bond donors (Lipinski definition) is 1. The van der Waals surface area contributed by atoms with Gasteiger partial charge in [0.2, 0.25) is 5.91 Å². The van der Waals surface area contributed by atoms with Crippen LogP contribution in [0.4, 0.5) is 24.5 Å². The van der Waals surface area contributed by atoms with Gasteiger partial charge in [-0.15, -0.1) is 0 Å². The van der Waals surface area contributed by atoms with Crippen molar-refractivity contribution in [1.29, 1.82) is 0 Å². The van der Waals surface area contributed by atoms with Crippen LogP contribution in [0, 0.1) is 0 Å².